The first-order valence-corrected chi connectivity index (χ1v) is 10.2. The van der Waals surface area contributed by atoms with E-state index in [2.05, 4.69) is 10.3 Å². The van der Waals surface area contributed by atoms with Gasteiger partial charge in [0.1, 0.15) is 11.2 Å². The molecule has 3 N–H and O–H groups in total. The number of hydrogen-bond acceptors (Lipinski definition) is 6. The first kappa shape index (κ1) is 26.3. The van der Waals surface area contributed by atoms with Crippen molar-refractivity contribution in [3.8, 4) is 5.75 Å². The van der Waals surface area contributed by atoms with E-state index in [-0.39, 0.29) is 16.9 Å². The molecule has 0 spiro atoms. The molecule has 35 heavy (non-hydrogen) atoms. The molecule has 0 saturated carbocycles. The summed E-state index contributed by atoms with van der Waals surface area (Å²) in [6, 6.07) is 2.67. The second-order valence-electron chi connectivity index (χ2n) is 8.15. The monoisotopic (exact) mass is 502 g/mol. The molecule has 8 nitrogen and oxygen atoms in total. The number of nitrogens with one attached hydrogen (secondary N) is 1. The fraction of sp³-hybridized carbons (Fsp3) is 0.409. The summed E-state index contributed by atoms with van der Waals surface area (Å²) in [7, 11) is 3.14. The van der Waals surface area contributed by atoms with Crippen LogP contribution < -0.4 is 15.8 Å². The second kappa shape index (κ2) is 9.38. The molecule has 1 aliphatic rings. The minimum atomic E-state index is -4.89. The zero-order chi connectivity index (χ0) is 26.3. The topological polar surface area (TPSA) is 107 Å². The number of pyridine rings is 1. The quantitative estimate of drug-likeness (QED) is 0.589. The SMILES string of the molecule is COc1c([C@H]2[C@H](C(=O)Nc3ccnc(C(N)=O)c3)N(C)[C@@](C)(C(F)(F)F)[C@H]2OC)ccc(F)c1F. The molecule has 0 bridgehead atoms. The maximum absolute atomic E-state index is 14.5. The number of amides is 2. The van der Waals surface area contributed by atoms with Crippen LogP contribution in [0.15, 0.2) is 30.5 Å². The van der Waals surface area contributed by atoms with Gasteiger partial charge in [0.25, 0.3) is 5.91 Å². The summed E-state index contributed by atoms with van der Waals surface area (Å²) in [6.45, 7) is 0.853. The molecular formula is C22H23F5N4O4. The van der Waals surface area contributed by atoms with Crippen molar-refractivity contribution in [1.82, 2.24) is 9.88 Å². The fourth-order valence-electron chi connectivity index (χ4n) is 4.53. The van der Waals surface area contributed by atoms with Crippen molar-refractivity contribution in [3.63, 3.8) is 0 Å². The number of ether oxygens (including phenoxy) is 2. The number of rotatable bonds is 6. The number of aromatic nitrogens is 1. The summed E-state index contributed by atoms with van der Waals surface area (Å²) >= 11 is 0. The number of alkyl halides is 3. The third-order valence-electron chi connectivity index (χ3n) is 6.39. The van der Waals surface area contributed by atoms with E-state index in [1.165, 1.54) is 12.3 Å². The van der Waals surface area contributed by atoms with E-state index >= 15 is 0 Å². The number of nitrogens with zero attached hydrogens (tertiary/aromatic N) is 2. The van der Waals surface area contributed by atoms with Gasteiger partial charge in [0, 0.05) is 30.5 Å². The Morgan fingerprint density at radius 1 is 1.20 bits per heavy atom. The van der Waals surface area contributed by atoms with Gasteiger partial charge in [-0.1, -0.05) is 6.07 Å². The van der Waals surface area contributed by atoms with Gasteiger partial charge >= 0.3 is 6.18 Å². The zero-order valence-electron chi connectivity index (χ0n) is 19.1. The molecule has 2 aromatic rings. The Bertz CT molecular complexity index is 1150. The Morgan fingerprint density at radius 3 is 2.40 bits per heavy atom. The van der Waals surface area contributed by atoms with Crippen molar-refractivity contribution in [2.75, 3.05) is 26.6 Å². The molecule has 0 unspecified atom stereocenters. The smallest absolute Gasteiger partial charge is 0.409 e. The van der Waals surface area contributed by atoms with Crippen molar-refractivity contribution in [3.05, 3.63) is 53.4 Å². The zero-order valence-corrected chi connectivity index (χ0v) is 19.1. The number of nitrogens with two attached hydrogens (primary N) is 1. The number of benzene rings is 1. The standard InChI is InChI=1S/C22H23F5N4O4/c1-21(22(25,26)27)18(35-4)14(11-5-6-12(23)15(24)17(11)34-3)16(31(21)2)20(33)30-10-7-8-29-13(9-10)19(28)32/h5-9,14,16,18H,1-4H3,(H2,28,32)(H,29,30,33)/t14-,16+,18-,21+/m0/s1. The lowest BCUT2D eigenvalue weighted by Crippen LogP contribution is -2.59. The highest BCUT2D eigenvalue weighted by atomic mass is 19.4. The van der Waals surface area contributed by atoms with Crippen molar-refractivity contribution >= 4 is 17.5 Å². The van der Waals surface area contributed by atoms with Crippen LogP contribution in [0, 0.1) is 11.6 Å². The van der Waals surface area contributed by atoms with Crippen LogP contribution in [0.3, 0.4) is 0 Å². The number of likely N-dealkylation sites (N-methyl/N-ethyl adjacent to an activating group) is 1. The van der Waals surface area contributed by atoms with Crippen LogP contribution in [0.5, 0.6) is 5.75 Å². The molecule has 1 aromatic carbocycles. The fourth-order valence-corrected chi connectivity index (χ4v) is 4.53. The molecule has 2 amide bonds. The lowest BCUT2D eigenvalue weighted by Gasteiger charge is -2.39. The van der Waals surface area contributed by atoms with Crippen LogP contribution in [0.2, 0.25) is 0 Å². The van der Waals surface area contributed by atoms with Gasteiger partial charge in [0.15, 0.2) is 11.6 Å². The van der Waals surface area contributed by atoms with Crippen molar-refractivity contribution in [2.24, 2.45) is 5.73 Å². The molecule has 1 saturated heterocycles. The molecule has 0 aliphatic carbocycles. The summed E-state index contributed by atoms with van der Waals surface area (Å²) in [5.74, 6) is -6.59. The number of carbonyl (C=O) groups is 2. The second-order valence-corrected chi connectivity index (χ2v) is 8.15. The first-order valence-electron chi connectivity index (χ1n) is 10.2. The molecule has 1 aliphatic heterocycles. The molecule has 1 aromatic heterocycles. The van der Waals surface area contributed by atoms with Gasteiger partial charge in [0.2, 0.25) is 11.7 Å². The van der Waals surface area contributed by atoms with Crippen molar-refractivity contribution in [2.45, 2.75) is 36.7 Å². The third-order valence-corrected chi connectivity index (χ3v) is 6.39. The molecule has 3 rings (SSSR count). The predicted molar refractivity (Wildman–Crippen MR) is 114 cm³/mol. The average Bonchev–Trinajstić information content (AvgIpc) is 3.03. The third kappa shape index (κ3) is 4.29. The van der Waals surface area contributed by atoms with E-state index < -0.39 is 59.0 Å². The minimum absolute atomic E-state index is 0.0396. The largest absolute Gasteiger partial charge is 0.493 e. The molecule has 4 atom stereocenters. The number of likely N-dealkylation sites (tertiary alicyclic amines) is 1. The highest BCUT2D eigenvalue weighted by molar-refractivity contribution is 5.98. The van der Waals surface area contributed by atoms with Crippen LogP contribution in [0.4, 0.5) is 27.6 Å². The number of halogens is 5. The number of hydrogen-bond donors (Lipinski definition) is 2. The summed E-state index contributed by atoms with van der Waals surface area (Å²) in [5, 5.41) is 2.45. The Kier molecular flexibility index (Phi) is 7.04. The maximum Gasteiger partial charge on any atom is 0.409 e. The molecule has 190 valence electrons. The van der Waals surface area contributed by atoms with Gasteiger partial charge in [-0.2, -0.15) is 17.6 Å². The number of methoxy groups -OCH3 is 2. The number of anilines is 1. The molecule has 0 radical (unpaired) electrons. The number of primary amides is 1. The van der Waals surface area contributed by atoms with Crippen LogP contribution in [0.1, 0.15) is 28.9 Å². The molecule has 13 heteroatoms. The van der Waals surface area contributed by atoms with E-state index in [1.54, 1.807) is 0 Å². The average molecular weight is 502 g/mol. The molecular weight excluding hydrogens is 479 g/mol. The van der Waals surface area contributed by atoms with Gasteiger partial charge in [0.05, 0.1) is 19.3 Å². The molecule has 2 heterocycles. The summed E-state index contributed by atoms with van der Waals surface area (Å²) in [6.07, 6.45) is -5.43. The highest BCUT2D eigenvalue weighted by Gasteiger charge is 2.69. The van der Waals surface area contributed by atoms with Gasteiger partial charge in [-0.05, 0) is 32.2 Å². The Balaban J connectivity index is 2.18. The summed E-state index contributed by atoms with van der Waals surface area (Å²) in [4.78, 5) is 29.3. The van der Waals surface area contributed by atoms with E-state index in [9.17, 15) is 31.5 Å². The lowest BCUT2D eigenvalue weighted by molar-refractivity contribution is -0.240. The molecule has 1 fully saturated rings. The maximum atomic E-state index is 14.5. The van der Waals surface area contributed by atoms with E-state index in [4.69, 9.17) is 15.2 Å². The number of carbonyl (C=O) groups excluding carboxylic acids is 2. The van der Waals surface area contributed by atoms with Crippen LogP contribution in [-0.4, -0.2) is 66.8 Å². The summed E-state index contributed by atoms with van der Waals surface area (Å²) < 4.78 is 81.8. The van der Waals surface area contributed by atoms with Crippen molar-refractivity contribution < 1.29 is 41.0 Å². The lowest BCUT2D eigenvalue weighted by atomic mass is 9.82. The predicted octanol–water partition coefficient (Wildman–Crippen LogP) is 2.84. The Morgan fingerprint density at radius 2 is 1.86 bits per heavy atom. The normalized spacial score (nSPS) is 24.9. The van der Waals surface area contributed by atoms with Crippen LogP contribution in [0.25, 0.3) is 0 Å². The van der Waals surface area contributed by atoms with E-state index in [0.29, 0.717) is 0 Å². The van der Waals surface area contributed by atoms with Gasteiger partial charge in [-0.15, -0.1) is 0 Å². The minimum Gasteiger partial charge on any atom is -0.493 e. The van der Waals surface area contributed by atoms with Crippen LogP contribution >= 0.6 is 0 Å². The van der Waals surface area contributed by atoms with E-state index in [0.717, 1.165) is 51.3 Å². The highest BCUT2D eigenvalue weighted by Crippen LogP contribution is 2.53. The first-order chi connectivity index (χ1) is 16.3. The Hall–Kier alpha value is -3.32. The van der Waals surface area contributed by atoms with Gasteiger partial charge in [-0.25, -0.2) is 4.39 Å². The van der Waals surface area contributed by atoms with E-state index in [1.807, 2.05) is 0 Å². The van der Waals surface area contributed by atoms with Gasteiger partial charge in [-0.3, -0.25) is 19.5 Å². The summed E-state index contributed by atoms with van der Waals surface area (Å²) in [5.41, 5.74) is 2.15. The Labute approximate surface area is 197 Å². The van der Waals surface area contributed by atoms with Gasteiger partial charge < -0.3 is 20.5 Å². The van der Waals surface area contributed by atoms with Crippen molar-refractivity contribution in [1.29, 1.82) is 0 Å². The van der Waals surface area contributed by atoms with Crippen LogP contribution in [-0.2, 0) is 9.53 Å².